The Bertz CT molecular complexity index is 842. The van der Waals surface area contributed by atoms with Crippen LogP contribution in [0.2, 0.25) is 0 Å². The third-order valence-corrected chi connectivity index (χ3v) is 7.55. The number of anilines is 1. The fraction of sp³-hybridized carbons (Fsp3) is 0.571. The zero-order chi connectivity index (χ0) is 19.8. The smallest absolute Gasteiger partial charge is 0.341 e. The molecule has 7 heteroatoms. The molecule has 0 unspecified atom stereocenters. The molecule has 2 N–H and O–H groups in total. The number of carboxylic acid groups (broad SMARTS) is 1. The number of fused-ring (bicyclic) bond motifs is 3. The van der Waals surface area contributed by atoms with E-state index in [0.717, 1.165) is 42.5 Å². The number of carbonyl (C=O) groups is 3. The highest BCUT2D eigenvalue weighted by Gasteiger charge is 2.51. The summed E-state index contributed by atoms with van der Waals surface area (Å²) < 4.78 is 5.00. The maximum Gasteiger partial charge on any atom is 0.341 e. The lowest BCUT2D eigenvalue weighted by atomic mass is 9.82. The Labute approximate surface area is 168 Å². The van der Waals surface area contributed by atoms with Gasteiger partial charge in [-0.3, -0.25) is 9.59 Å². The van der Waals surface area contributed by atoms with Crippen molar-refractivity contribution in [3.63, 3.8) is 0 Å². The molecule has 2 bridgehead atoms. The highest BCUT2D eigenvalue weighted by atomic mass is 32.1. The first-order valence-electron chi connectivity index (χ1n) is 9.96. The Morgan fingerprint density at radius 2 is 1.75 bits per heavy atom. The molecule has 6 nitrogen and oxygen atoms in total. The molecule has 1 amide bonds. The Balaban J connectivity index is 1.64. The number of methoxy groups -OCH3 is 1. The normalized spacial score (nSPS) is 28.3. The molecule has 0 aromatic carbocycles. The van der Waals surface area contributed by atoms with Gasteiger partial charge in [-0.25, -0.2) is 4.79 Å². The number of carbonyl (C=O) groups excluding carboxylic acids is 2. The highest BCUT2D eigenvalue weighted by Crippen LogP contribution is 2.49. The summed E-state index contributed by atoms with van der Waals surface area (Å²) in [6.45, 7) is 0. The van der Waals surface area contributed by atoms with Crippen LogP contribution in [0.3, 0.4) is 0 Å². The summed E-state index contributed by atoms with van der Waals surface area (Å²) in [5, 5.41) is 13.0. The van der Waals surface area contributed by atoms with Crippen molar-refractivity contribution < 1.29 is 24.2 Å². The highest BCUT2D eigenvalue weighted by molar-refractivity contribution is 7.17. The summed E-state index contributed by atoms with van der Waals surface area (Å²) in [6, 6.07) is 0. The molecule has 4 atom stereocenters. The van der Waals surface area contributed by atoms with Crippen LogP contribution in [0.1, 0.15) is 52.9 Å². The average Bonchev–Trinajstić information content (AvgIpc) is 3.34. The second-order valence-corrected chi connectivity index (χ2v) is 9.05. The van der Waals surface area contributed by atoms with Crippen molar-refractivity contribution in [1.82, 2.24) is 0 Å². The van der Waals surface area contributed by atoms with Crippen molar-refractivity contribution in [2.24, 2.45) is 23.7 Å². The van der Waals surface area contributed by atoms with E-state index < -0.39 is 23.8 Å². The van der Waals surface area contributed by atoms with Gasteiger partial charge in [-0.2, -0.15) is 0 Å². The van der Waals surface area contributed by atoms with E-state index in [9.17, 15) is 19.5 Å². The fourth-order valence-electron chi connectivity index (χ4n) is 5.04. The Morgan fingerprint density at radius 1 is 1.07 bits per heavy atom. The minimum atomic E-state index is -0.927. The summed E-state index contributed by atoms with van der Waals surface area (Å²) in [6.07, 6.45) is 10.7. The summed E-state index contributed by atoms with van der Waals surface area (Å²) in [7, 11) is 1.35. The maximum atomic E-state index is 13.1. The Hall–Kier alpha value is -2.15. The summed E-state index contributed by atoms with van der Waals surface area (Å²) in [5.41, 5.74) is 1.46. The van der Waals surface area contributed by atoms with Gasteiger partial charge < -0.3 is 15.2 Å². The van der Waals surface area contributed by atoms with Gasteiger partial charge in [0, 0.05) is 4.88 Å². The second kappa shape index (κ2) is 7.70. The quantitative estimate of drug-likeness (QED) is 0.591. The van der Waals surface area contributed by atoms with Crippen LogP contribution in [-0.2, 0) is 27.2 Å². The van der Waals surface area contributed by atoms with Crippen LogP contribution >= 0.6 is 11.3 Å². The molecule has 4 rings (SSSR count). The number of hydrogen-bond acceptors (Lipinski definition) is 5. The largest absolute Gasteiger partial charge is 0.481 e. The van der Waals surface area contributed by atoms with Gasteiger partial charge in [0.2, 0.25) is 5.91 Å². The SMILES string of the molecule is COC(=O)c1c(NC(=O)[C@H]2[C@H](C(=O)O)[C@H]3C=C[C@H]2C3)sc2c1CCCCCC2. The summed E-state index contributed by atoms with van der Waals surface area (Å²) in [4.78, 5) is 38.4. The first kappa shape index (κ1) is 19.2. The number of hydrogen-bond donors (Lipinski definition) is 2. The van der Waals surface area contributed by atoms with Crippen LogP contribution in [-0.4, -0.2) is 30.1 Å². The molecule has 0 spiro atoms. The van der Waals surface area contributed by atoms with E-state index in [1.807, 2.05) is 12.2 Å². The van der Waals surface area contributed by atoms with Gasteiger partial charge in [0.1, 0.15) is 5.00 Å². The van der Waals surface area contributed by atoms with Crippen LogP contribution in [0.25, 0.3) is 0 Å². The minimum Gasteiger partial charge on any atom is -0.481 e. The van der Waals surface area contributed by atoms with E-state index >= 15 is 0 Å². The van der Waals surface area contributed by atoms with E-state index in [1.54, 1.807) is 0 Å². The van der Waals surface area contributed by atoms with E-state index in [0.29, 0.717) is 17.0 Å². The number of aryl methyl sites for hydroxylation is 1. The Kier molecular flexibility index (Phi) is 5.27. The van der Waals surface area contributed by atoms with E-state index in [1.165, 1.54) is 24.9 Å². The van der Waals surface area contributed by atoms with Crippen molar-refractivity contribution in [3.05, 3.63) is 28.2 Å². The van der Waals surface area contributed by atoms with E-state index in [-0.39, 0.29) is 17.7 Å². The number of nitrogens with one attached hydrogen (secondary N) is 1. The molecule has 1 fully saturated rings. The molecule has 150 valence electrons. The van der Waals surface area contributed by atoms with Gasteiger partial charge in [0.25, 0.3) is 0 Å². The number of rotatable bonds is 4. The van der Waals surface area contributed by atoms with Crippen LogP contribution in [0.5, 0.6) is 0 Å². The monoisotopic (exact) mass is 403 g/mol. The third-order valence-electron chi connectivity index (χ3n) is 6.34. The molecule has 3 aliphatic carbocycles. The van der Waals surface area contributed by atoms with Crippen molar-refractivity contribution in [3.8, 4) is 0 Å². The molecule has 1 aromatic heterocycles. The zero-order valence-corrected chi connectivity index (χ0v) is 16.7. The van der Waals surface area contributed by atoms with Crippen molar-refractivity contribution in [1.29, 1.82) is 0 Å². The molecular formula is C21H25NO5S. The molecule has 0 aliphatic heterocycles. The number of thiophene rings is 1. The predicted octanol–water partition coefficient (Wildman–Crippen LogP) is 3.66. The molecule has 0 radical (unpaired) electrons. The summed E-state index contributed by atoms with van der Waals surface area (Å²) >= 11 is 1.45. The van der Waals surface area contributed by atoms with Gasteiger partial charge in [-0.05, 0) is 49.5 Å². The van der Waals surface area contributed by atoms with E-state index in [2.05, 4.69) is 5.32 Å². The average molecular weight is 404 g/mol. The minimum absolute atomic E-state index is 0.0475. The molecule has 1 saturated carbocycles. The predicted molar refractivity (Wildman–Crippen MR) is 106 cm³/mol. The lowest BCUT2D eigenvalue weighted by molar-refractivity contribution is -0.146. The number of esters is 1. The first-order chi connectivity index (χ1) is 13.5. The van der Waals surface area contributed by atoms with Crippen LogP contribution in [0.15, 0.2) is 12.2 Å². The number of carboxylic acids is 1. The topological polar surface area (TPSA) is 92.7 Å². The van der Waals surface area contributed by atoms with Gasteiger partial charge in [0.05, 0.1) is 24.5 Å². The molecule has 3 aliphatic rings. The third kappa shape index (κ3) is 3.26. The standard InChI is InChI=1S/C21H25NO5S/c1-27-21(26)17-13-6-4-2-3-5-7-14(13)28-19(17)22-18(23)15-11-8-9-12(10-11)16(15)20(24)25/h8-9,11-12,15-16H,2-7,10H2,1H3,(H,22,23)(H,24,25)/t11-,12-,15+,16+/m0/s1. The van der Waals surface area contributed by atoms with Crippen LogP contribution < -0.4 is 5.32 Å². The number of amides is 1. The van der Waals surface area contributed by atoms with Crippen LogP contribution in [0, 0.1) is 23.7 Å². The van der Waals surface area contributed by atoms with Crippen LogP contribution in [0.4, 0.5) is 5.00 Å². The zero-order valence-electron chi connectivity index (χ0n) is 15.9. The fourth-order valence-corrected chi connectivity index (χ4v) is 6.32. The van der Waals surface area contributed by atoms with Crippen molar-refractivity contribution in [2.75, 3.05) is 12.4 Å². The lowest BCUT2D eigenvalue weighted by Crippen LogP contribution is -2.36. The molecule has 1 heterocycles. The molecule has 1 aromatic rings. The Morgan fingerprint density at radius 3 is 2.43 bits per heavy atom. The van der Waals surface area contributed by atoms with E-state index in [4.69, 9.17) is 4.74 Å². The maximum absolute atomic E-state index is 13.1. The van der Waals surface area contributed by atoms with Crippen molar-refractivity contribution >= 4 is 34.2 Å². The number of ether oxygens (including phenoxy) is 1. The molecular weight excluding hydrogens is 378 g/mol. The lowest BCUT2D eigenvalue weighted by Gasteiger charge is -2.23. The first-order valence-corrected chi connectivity index (χ1v) is 10.8. The number of aliphatic carboxylic acids is 1. The number of allylic oxidation sites excluding steroid dienone is 2. The second-order valence-electron chi connectivity index (χ2n) is 7.94. The van der Waals surface area contributed by atoms with Crippen molar-refractivity contribution in [2.45, 2.75) is 44.9 Å². The van der Waals surface area contributed by atoms with Gasteiger partial charge in [0.15, 0.2) is 0 Å². The van der Waals surface area contributed by atoms with Gasteiger partial charge in [-0.1, -0.05) is 25.0 Å². The van der Waals surface area contributed by atoms with Gasteiger partial charge >= 0.3 is 11.9 Å². The molecule has 28 heavy (non-hydrogen) atoms. The van der Waals surface area contributed by atoms with Gasteiger partial charge in [-0.15, -0.1) is 11.3 Å². The summed E-state index contributed by atoms with van der Waals surface area (Å²) in [5.74, 6) is -3.08. The molecule has 0 saturated heterocycles.